The average molecular weight is 270 g/mol. The number of nitrogens with one attached hydrogen (secondary N) is 2. The minimum absolute atomic E-state index is 0.0368. The van der Waals surface area contributed by atoms with E-state index in [1.165, 1.54) is 12.1 Å². The second-order valence-electron chi connectivity index (χ2n) is 3.86. The van der Waals surface area contributed by atoms with Crippen LogP contribution in [0.25, 0.3) is 0 Å². The number of hydrogen-bond donors (Lipinski definition) is 2. The molecule has 0 fully saturated rings. The number of hydrogen-bond acceptors (Lipinski definition) is 6. The Bertz CT molecular complexity index is 414. The van der Waals surface area contributed by atoms with Gasteiger partial charge < -0.3 is 10.6 Å². The van der Waals surface area contributed by atoms with E-state index in [2.05, 4.69) is 28.8 Å². The van der Waals surface area contributed by atoms with Gasteiger partial charge in [-0.05, 0) is 12.7 Å². The van der Waals surface area contributed by atoms with Gasteiger partial charge >= 0.3 is 0 Å². The van der Waals surface area contributed by atoms with Gasteiger partial charge in [0.25, 0.3) is 5.69 Å². The van der Waals surface area contributed by atoms with Crippen molar-refractivity contribution in [2.75, 3.05) is 30.5 Å². The van der Waals surface area contributed by atoms with E-state index in [1.807, 2.05) is 0 Å². The number of anilines is 2. The highest BCUT2D eigenvalue weighted by molar-refractivity contribution is 7.99. The van der Waals surface area contributed by atoms with E-state index in [9.17, 15) is 10.1 Å². The average Bonchev–Trinajstić information content (AvgIpc) is 2.37. The zero-order valence-electron chi connectivity index (χ0n) is 10.8. The van der Waals surface area contributed by atoms with Crippen LogP contribution in [0, 0.1) is 10.1 Å². The topological polar surface area (TPSA) is 80.1 Å². The van der Waals surface area contributed by atoms with E-state index in [1.54, 1.807) is 18.8 Å². The lowest BCUT2D eigenvalue weighted by molar-refractivity contribution is -0.384. The molecule has 0 aromatic carbocycles. The zero-order chi connectivity index (χ0) is 13.5. The SMILES string of the molecule is CNc1cc([N+](=O)[O-])cc(NCCC(C)SC)n1. The first kappa shape index (κ1) is 14.6. The summed E-state index contributed by atoms with van der Waals surface area (Å²) in [6.07, 6.45) is 3.05. The lowest BCUT2D eigenvalue weighted by atomic mass is 10.3. The molecule has 1 aromatic rings. The highest BCUT2D eigenvalue weighted by atomic mass is 32.2. The summed E-state index contributed by atoms with van der Waals surface area (Å²) < 4.78 is 0. The van der Waals surface area contributed by atoms with E-state index in [-0.39, 0.29) is 5.69 Å². The predicted octanol–water partition coefficient (Wildman–Crippen LogP) is 2.59. The van der Waals surface area contributed by atoms with Gasteiger partial charge in [-0.15, -0.1) is 0 Å². The number of pyridine rings is 1. The van der Waals surface area contributed by atoms with Gasteiger partial charge in [0.1, 0.15) is 11.6 Å². The molecular weight excluding hydrogens is 252 g/mol. The maximum absolute atomic E-state index is 10.8. The quantitative estimate of drug-likeness (QED) is 0.585. The molecule has 1 rings (SSSR count). The Labute approximate surface area is 111 Å². The zero-order valence-corrected chi connectivity index (χ0v) is 11.6. The third kappa shape index (κ3) is 4.40. The highest BCUT2D eigenvalue weighted by Gasteiger charge is 2.10. The smallest absolute Gasteiger partial charge is 0.276 e. The van der Waals surface area contributed by atoms with E-state index in [4.69, 9.17) is 0 Å². The van der Waals surface area contributed by atoms with Gasteiger partial charge in [-0.25, -0.2) is 4.98 Å². The molecule has 0 saturated carbocycles. The fraction of sp³-hybridized carbons (Fsp3) is 0.545. The number of aromatic nitrogens is 1. The maximum Gasteiger partial charge on any atom is 0.276 e. The van der Waals surface area contributed by atoms with E-state index < -0.39 is 4.92 Å². The standard InChI is InChI=1S/C11H18N4O2S/c1-8(18-3)4-5-13-11-7-9(15(16)17)6-10(12-2)14-11/h6-8H,4-5H2,1-3H3,(H2,12,13,14). The summed E-state index contributed by atoms with van der Waals surface area (Å²) in [4.78, 5) is 14.6. The monoisotopic (exact) mass is 270 g/mol. The van der Waals surface area contributed by atoms with Gasteiger partial charge in [-0.2, -0.15) is 11.8 Å². The lowest BCUT2D eigenvalue weighted by Crippen LogP contribution is -2.09. The van der Waals surface area contributed by atoms with Gasteiger partial charge in [0.2, 0.25) is 0 Å². The van der Waals surface area contributed by atoms with Crippen LogP contribution in [0.5, 0.6) is 0 Å². The molecule has 18 heavy (non-hydrogen) atoms. The summed E-state index contributed by atoms with van der Waals surface area (Å²) in [5.74, 6) is 1.02. The molecule has 1 unspecified atom stereocenters. The van der Waals surface area contributed by atoms with E-state index >= 15 is 0 Å². The van der Waals surface area contributed by atoms with Crippen LogP contribution in [-0.2, 0) is 0 Å². The fourth-order valence-corrected chi connectivity index (χ4v) is 1.72. The predicted molar refractivity (Wildman–Crippen MR) is 76.5 cm³/mol. The van der Waals surface area contributed by atoms with Crippen molar-refractivity contribution >= 4 is 29.1 Å². The summed E-state index contributed by atoms with van der Waals surface area (Å²) >= 11 is 1.79. The Hall–Kier alpha value is -1.50. The normalized spacial score (nSPS) is 11.9. The van der Waals surface area contributed by atoms with Crippen LogP contribution in [0.4, 0.5) is 17.3 Å². The molecule has 1 aromatic heterocycles. The Kier molecular flexibility index (Phi) is 5.70. The van der Waals surface area contributed by atoms with Gasteiger partial charge in [-0.3, -0.25) is 10.1 Å². The van der Waals surface area contributed by atoms with Gasteiger partial charge in [0.15, 0.2) is 0 Å². The Balaban J connectivity index is 2.69. The Morgan fingerprint density at radius 1 is 1.50 bits per heavy atom. The number of nitrogens with zero attached hydrogens (tertiary/aromatic N) is 2. The molecule has 1 heterocycles. The molecule has 0 spiro atoms. The Morgan fingerprint density at radius 3 is 2.72 bits per heavy atom. The minimum Gasteiger partial charge on any atom is -0.373 e. The fourth-order valence-electron chi connectivity index (χ4n) is 1.36. The van der Waals surface area contributed by atoms with Crippen molar-refractivity contribution in [2.45, 2.75) is 18.6 Å². The van der Waals surface area contributed by atoms with Crippen molar-refractivity contribution in [3.63, 3.8) is 0 Å². The molecule has 0 bridgehead atoms. The first-order valence-corrected chi connectivity index (χ1v) is 6.96. The summed E-state index contributed by atoms with van der Waals surface area (Å²) in [5.41, 5.74) is 0.0368. The van der Waals surface area contributed by atoms with Crippen LogP contribution in [0.3, 0.4) is 0 Å². The van der Waals surface area contributed by atoms with Crippen LogP contribution < -0.4 is 10.6 Å². The summed E-state index contributed by atoms with van der Waals surface area (Å²) in [6, 6.07) is 2.86. The first-order valence-electron chi connectivity index (χ1n) is 5.67. The number of rotatable bonds is 7. The second kappa shape index (κ2) is 7.05. The number of thioether (sulfide) groups is 1. The maximum atomic E-state index is 10.8. The molecule has 0 amide bonds. The first-order chi connectivity index (χ1) is 8.56. The lowest BCUT2D eigenvalue weighted by Gasteiger charge is -2.10. The van der Waals surface area contributed by atoms with Crippen molar-refractivity contribution < 1.29 is 4.92 Å². The van der Waals surface area contributed by atoms with Gasteiger partial charge in [0.05, 0.1) is 17.1 Å². The summed E-state index contributed by atoms with van der Waals surface area (Å²) in [5, 5.41) is 17.2. The highest BCUT2D eigenvalue weighted by Crippen LogP contribution is 2.20. The third-order valence-corrected chi connectivity index (χ3v) is 3.58. The van der Waals surface area contributed by atoms with Gasteiger partial charge in [0, 0.05) is 18.8 Å². The van der Waals surface area contributed by atoms with Crippen molar-refractivity contribution in [3.8, 4) is 0 Å². The van der Waals surface area contributed by atoms with Crippen LogP contribution in [0.15, 0.2) is 12.1 Å². The second-order valence-corrected chi connectivity index (χ2v) is 5.14. The van der Waals surface area contributed by atoms with Crippen LogP contribution in [0.2, 0.25) is 0 Å². The molecule has 6 nitrogen and oxygen atoms in total. The van der Waals surface area contributed by atoms with Crippen LogP contribution in [-0.4, -0.2) is 35.0 Å². The van der Waals surface area contributed by atoms with Crippen molar-refractivity contribution in [3.05, 3.63) is 22.2 Å². The van der Waals surface area contributed by atoms with Crippen molar-refractivity contribution in [2.24, 2.45) is 0 Å². The molecule has 0 radical (unpaired) electrons. The molecule has 0 saturated heterocycles. The molecule has 0 aliphatic heterocycles. The molecule has 0 aliphatic carbocycles. The minimum atomic E-state index is -0.418. The molecule has 2 N–H and O–H groups in total. The largest absolute Gasteiger partial charge is 0.373 e. The van der Waals surface area contributed by atoms with E-state index in [0.717, 1.165) is 13.0 Å². The van der Waals surface area contributed by atoms with Gasteiger partial charge in [-0.1, -0.05) is 6.92 Å². The van der Waals surface area contributed by atoms with E-state index in [0.29, 0.717) is 16.9 Å². The van der Waals surface area contributed by atoms with Crippen molar-refractivity contribution in [1.82, 2.24) is 4.98 Å². The molecule has 7 heteroatoms. The Morgan fingerprint density at radius 2 is 2.17 bits per heavy atom. The third-order valence-electron chi connectivity index (χ3n) is 2.54. The molecule has 1 atom stereocenters. The van der Waals surface area contributed by atoms with Crippen LogP contribution >= 0.6 is 11.8 Å². The molecule has 0 aliphatic rings. The number of nitro groups is 1. The van der Waals surface area contributed by atoms with Crippen molar-refractivity contribution in [1.29, 1.82) is 0 Å². The summed E-state index contributed by atoms with van der Waals surface area (Å²) in [6.45, 7) is 2.89. The van der Waals surface area contributed by atoms with Crippen LogP contribution in [0.1, 0.15) is 13.3 Å². The summed E-state index contributed by atoms with van der Waals surface area (Å²) in [7, 11) is 1.69. The molecule has 100 valence electrons. The molecular formula is C11H18N4O2S.